The molecule has 0 amide bonds. The van der Waals surface area contributed by atoms with Crippen LogP contribution in [0.3, 0.4) is 0 Å². The maximum absolute atomic E-state index is 2.35. The van der Waals surface area contributed by atoms with E-state index in [9.17, 15) is 0 Å². The second-order valence-electron chi connectivity index (χ2n) is 4.90. The lowest BCUT2D eigenvalue weighted by Gasteiger charge is -2.28. The van der Waals surface area contributed by atoms with Crippen LogP contribution in [0.1, 0.15) is 48.0 Å². The van der Waals surface area contributed by atoms with Crippen molar-refractivity contribution in [3.05, 3.63) is 0 Å². The summed E-state index contributed by atoms with van der Waals surface area (Å²) in [5.74, 6) is 1.68. The summed E-state index contributed by atoms with van der Waals surface area (Å²) in [5.41, 5.74) is 0.490. The zero-order chi connectivity index (χ0) is 8.36. The molecule has 0 unspecified atom stereocenters. The van der Waals surface area contributed by atoms with E-state index in [1.807, 2.05) is 0 Å². The van der Waals surface area contributed by atoms with Crippen LogP contribution >= 0.6 is 0 Å². The zero-order valence-corrected chi connectivity index (χ0v) is 8.36. The summed E-state index contributed by atoms with van der Waals surface area (Å²) in [6, 6.07) is 0. The first-order valence-corrected chi connectivity index (χ1v) is 4.34. The van der Waals surface area contributed by atoms with Crippen molar-refractivity contribution >= 4 is 0 Å². The van der Waals surface area contributed by atoms with Gasteiger partial charge in [-0.2, -0.15) is 0 Å². The van der Waals surface area contributed by atoms with Crippen LogP contribution in [-0.4, -0.2) is 0 Å². The van der Waals surface area contributed by atoms with Gasteiger partial charge in [0.2, 0.25) is 0 Å². The normalized spacial score (nSPS) is 15.9. The van der Waals surface area contributed by atoms with Crippen molar-refractivity contribution in [1.29, 1.82) is 0 Å². The molecule has 0 saturated heterocycles. The highest BCUT2D eigenvalue weighted by Crippen LogP contribution is 2.30. The number of rotatable bonds is 2. The Bertz CT molecular complexity index is 84.7. The Hall–Kier alpha value is 0. The smallest absolute Gasteiger partial charge is 0.0357 e. The molecule has 0 aliphatic heterocycles. The molecule has 0 radical (unpaired) electrons. The molecule has 0 N–H and O–H groups in total. The summed E-state index contributed by atoms with van der Waals surface area (Å²) >= 11 is 0. The third kappa shape index (κ3) is 3.92. The van der Waals surface area contributed by atoms with E-state index in [1.54, 1.807) is 0 Å². The zero-order valence-electron chi connectivity index (χ0n) is 8.36. The molecule has 0 aromatic heterocycles. The minimum atomic E-state index is 0.490. The van der Waals surface area contributed by atoms with E-state index in [1.165, 1.54) is 6.42 Å². The van der Waals surface area contributed by atoms with E-state index in [-0.39, 0.29) is 0 Å². The second kappa shape index (κ2) is 3.41. The fraction of sp³-hybridized carbons (Fsp3) is 1.00. The predicted octanol–water partition coefficient (Wildman–Crippen LogP) is 3.71. The van der Waals surface area contributed by atoms with Gasteiger partial charge in [-0.25, -0.2) is 0 Å². The van der Waals surface area contributed by atoms with Crippen molar-refractivity contribution < 1.29 is 0 Å². The molecule has 0 aliphatic carbocycles. The highest BCUT2D eigenvalue weighted by atomic mass is 14.3. The predicted molar refractivity (Wildman–Crippen MR) is 48.1 cm³/mol. The van der Waals surface area contributed by atoms with Crippen LogP contribution in [0.5, 0.6) is 0 Å². The van der Waals surface area contributed by atoms with Crippen LogP contribution in [-0.2, 0) is 0 Å². The average molecular weight is 142 g/mol. The summed E-state index contributed by atoms with van der Waals surface area (Å²) in [5, 5.41) is 0. The SMILES string of the molecule is CC(C)C[C@@H](C)C(C)(C)C. The van der Waals surface area contributed by atoms with Crippen LogP contribution in [0.15, 0.2) is 0 Å². The summed E-state index contributed by atoms with van der Waals surface area (Å²) in [6.07, 6.45) is 1.35. The number of hydrogen-bond donors (Lipinski definition) is 0. The molecule has 62 valence electrons. The van der Waals surface area contributed by atoms with E-state index in [0.717, 1.165) is 11.8 Å². The molecule has 10 heavy (non-hydrogen) atoms. The van der Waals surface area contributed by atoms with E-state index < -0.39 is 0 Å². The molecule has 0 aromatic rings. The molecule has 0 spiro atoms. The fourth-order valence-corrected chi connectivity index (χ4v) is 1.06. The molecule has 0 aliphatic rings. The Kier molecular flexibility index (Phi) is 3.41. The number of hydrogen-bond acceptors (Lipinski definition) is 0. The molecule has 0 nitrogen and oxygen atoms in total. The topological polar surface area (TPSA) is 0 Å². The molecule has 0 saturated carbocycles. The second-order valence-corrected chi connectivity index (χ2v) is 4.90. The van der Waals surface area contributed by atoms with Crippen molar-refractivity contribution in [2.45, 2.75) is 48.0 Å². The van der Waals surface area contributed by atoms with Crippen LogP contribution in [0.2, 0.25) is 0 Å². The van der Waals surface area contributed by atoms with Crippen molar-refractivity contribution in [2.24, 2.45) is 17.3 Å². The lowest BCUT2D eigenvalue weighted by molar-refractivity contribution is 0.224. The Balaban J connectivity index is 3.73. The van der Waals surface area contributed by atoms with Gasteiger partial charge >= 0.3 is 0 Å². The molecule has 0 heterocycles. The van der Waals surface area contributed by atoms with Gasteiger partial charge in [-0.3, -0.25) is 0 Å². The van der Waals surface area contributed by atoms with Crippen LogP contribution < -0.4 is 0 Å². The molecule has 0 bridgehead atoms. The first-order chi connectivity index (χ1) is 4.34. The quantitative estimate of drug-likeness (QED) is 0.551. The van der Waals surface area contributed by atoms with Gasteiger partial charge in [0.15, 0.2) is 0 Å². The van der Waals surface area contributed by atoms with Crippen molar-refractivity contribution in [3.63, 3.8) is 0 Å². The van der Waals surface area contributed by atoms with Gasteiger partial charge in [0.05, 0.1) is 0 Å². The van der Waals surface area contributed by atoms with Gasteiger partial charge in [0, 0.05) is 0 Å². The Labute approximate surface area is 66.0 Å². The fourth-order valence-electron chi connectivity index (χ4n) is 1.06. The summed E-state index contributed by atoms with van der Waals surface area (Å²) in [7, 11) is 0. The van der Waals surface area contributed by atoms with E-state index in [2.05, 4.69) is 41.5 Å². The van der Waals surface area contributed by atoms with Gasteiger partial charge in [-0.1, -0.05) is 41.5 Å². The van der Waals surface area contributed by atoms with Crippen LogP contribution in [0.25, 0.3) is 0 Å². The summed E-state index contributed by atoms with van der Waals surface area (Å²) in [6.45, 7) is 13.9. The molecule has 0 fully saturated rings. The van der Waals surface area contributed by atoms with Crippen molar-refractivity contribution in [2.75, 3.05) is 0 Å². The molecule has 0 aromatic carbocycles. The lowest BCUT2D eigenvalue weighted by Crippen LogP contribution is -2.18. The van der Waals surface area contributed by atoms with Gasteiger partial charge in [0.1, 0.15) is 0 Å². The Morgan fingerprint density at radius 2 is 1.40 bits per heavy atom. The van der Waals surface area contributed by atoms with Crippen LogP contribution in [0, 0.1) is 17.3 Å². The van der Waals surface area contributed by atoms with Crippen LogP contribution in [0.4, 0.5) is 0 Å². The van der Waals surface area contributed by atoms with Crippen molar-refractivity contribution in [1.82, 2.24) is 0 Å². The maximum Gasteiger partial charge on any atom is -0.0357 e. The van der Waals surface area contributed by atoms with Gasteiger partial charge in [-0.15, -0.1) is 0 Å². The third-order valence-electron chi connectivity index (χ3n) is 2.30. The largest absolute Gasteiger partial charge is 0.0628 e. The van der Waals surface area contributed by atoms with Gasteiger partial charge < -0.3 is 0 Å². The van der Waals surface area contributed by atoms with E-state index in [4.69, 9.17) is 0 Å². The maximum atomic E-state index is 2.35. The summed E-state index contributed by atoms with van der Waals surface area (Å²) in [4.78, 5) is 0. The van der Waals surface area contributed by atoms with Crippen molar-refractivity contribution in [3.8, 4) is 0 Å². The highest BCUT2D eigenvalue weighted by Gasteiger charge is 2.20. The third-order valence-corrected chi connectivity index (χ3v) is 2.30. The summed E-state index contributed by atoms with van der Waals surface area (Å²) < 4.78 is 0. The molecule has 1 atom stereocenters. The first-order valence-electron chi connectivity index (χ1n) is 4.34. The molecular weight excluding hydrogens is 120 g/mol. The average Bonchev–Trinajstić information content (AvgIpc) is 1.60. The van der Waals surface area contributed by atoms with E-state index in [0.29, 0.717) is 5.41 Å². The Morgan fingerprint density at radius 3 is 1.50 bits per heavy atom. The molecule has 0 heteroatoms. The minimum Gasteiger partial charge on any atom is -0.0628 e. The lowest BCUT2D eigenvalue weighted by atomic mass is 9.78. The van der Waals surface area contributed by atoms with Gasteiger partial charge in [-0.05, 0) is 23.7 Å². The Morgan fingerprint density at radius 1 is 1.00 bits per heavy atom. The molecule has 0 rings (SSSR count). The highest BCUT2D eigenvalue weighted by molar-refractivity contribution is 4.70. The first kappa shape index (κ1) is 10.0. The van der Waals surface area contributed by atoms with E-state index >= 15 is 0 Å². The van der Waals surface area contributed by atoms with Gasteiger partial charge in [0.25, 0.3) is 0 Å². The monoisotopic (exact) mass is 142 g/mol. The standard InChI is InChI=1S/C10H22/c1-8(2)7-9(3)10(4,5)6/h8-9H,7H2,1-6H3/t9-/m1/s1. The molecular formula is C10H22. The minimum absolute atomic E-state index is 0.490.